The van der Waals surface area contributed by atoms with Crippen LogP contribution >= 0.6 is 0 Å². The second-order valence-corrected chi connectivity index (χ2v) is 4.22. The van der Waals surface area contributed by atoms with E-state index in [-0.39, 0.29) is 17.7 Å². The molecule has 1 rings (SSSR count). The molecule has 0 fully saturated rings. The minimum Gasteiger partial charge on any atom is -0.467 e. The highest BCUT2D eigenvalue weighted by Gasteiger charge is 2.22. The van der Waals surface area contributed by atoms with Gasteiger partial charge in [0.2, 0.25) is 11.8 Å². The van der Waals surface area contributed by atoms with Gasteiger partial charge in [-0.05, 0) is 18.1 Å². The lowest BCUT2D eigenvalue weighted by molar-refractivity contribution is -0.129. The molecule has 2 N–H and O–H groups in total. The Bertz CT molecular complexity index is 371. The molecule has 2 amide bonds. The van der Waals surface area contributed by atoms with Gasteiger partial charge in [-0.2, -0.15) is 0 Å². The molecule has 0 spiro atoms. The van der Waals surface area contributed by atoms with Gasteiger partial charge in [-0.15, -0.1) is 0 Å². The summed E-state index contributed by atoms with van der Waals surface area (Å²) in [5, 5.41) is 5.35. The van der Waals surface area contributed by atoms with Crippen LogP contribution in [0.1, 0.15) is 26.5 Å². The molecule has 1 atom stereocenters. The lowest BCUT2D eigenvalue weighted by atomic mass is 10.0. The third-order valence-corrected chi connectivity index (χ3v) is 2.32. The summed E-state index contributed by atoms with van der Waals surface area (Å²) in [6.45, 7) is 5.49. The van der Waals surface area contributed by atoms with Crippen LogP contribution in [0.3, 0.4) is 0 Å². The van der Waals surface area contributed by atoms with Crippen LogP contribution in [0, 0.1) is 5.92 Å². The quantitative estimate of drug-likeness (QED) is 0.805. The summed E-state index contributed by atoms with van der Waals surface area (Å²) in [7, 11) is 0. The predicted octanol–water partition coefficient (Wildman–Crippen LogP) is 1.06. The van der Waals surface area contributed by atoms with Crippen molar-refractivity contribution in [3.63, 3.8) is 0 Å². The van der Waals surface area contributed by atoms with Gasteiger partial charge in [-0.1, -0.05) is 13.8 Å². The van der Waals surface area contributed by atoms with E-state index in [9.17, 15) is 9.59 Å². The summed E-state index contributed by atoms with van der Waals surface area (Å²) in [6.07, 6.45) is 1.55. The Balaban J connectivity index is 2.50. The first-order valence-electron chi connectivity index (χ1n) is 5.58. The molecule has 5 heteroatoms. The van der Waals surface area contributed by atoms with Crippen molar-refractivity contribution in [1.29, 1.82) is 0 Å². The summed E-state index contributed by atoms with van der Waals surface area (Å²) in [4.78, 5) is 22.8. The van der Waals surface area contributed by atoms with Crippen molar-refractivity contribution in [2.75, 3.05) is 0 Å². The van der Waals surface area contributed by atoms with Crippen LogP contribution in [0.15, 0.2) is 22.8 Å². The van der Waals surface area contributed by atoms with Gasteiger partial charge in [0.05, 0.1) is 12.8 Å². The fraction of sp³-hybridized carbons (Fsp3) is 0.500. The van der Waals surface area contributed by atoms with Gasteiger partial charge in [0.1, 0.15) is 11.8 Å². The maximum absolute atomic E-state index is 11.8. The van der Waals surface area contributed by atoms with E-state index < -0.39 is 6.04 Å². The number of carbonyl (C=O) groups excluding carboxylic acids is 2. The van der Waals surface area contributed by atoms with Crippen molar-refractivity contribution in [3.05, 3.63) is 24.2 Å². The normalized spacial score (nSPS) is 12.2. The second-order valence-electron chi connectivity index (χ2n) is 4.22. The number of furan rings is 1. The third-order valence-electron chi connectivity index (χ3n) is 2.32. The van der Waals surface area contributed by atoms with Gasteiger partial charge in [-0.25, -0.2) is 0 Å². The molecule has 1 aromatic rings. The first-order valence-corrected chi connectivity index (χ1v) is 5.58. The largest absolute Gasteiger partial charge is 0.467 e. The van der Waals surface area contributed by atoms with E-state index in [1.807, 2.05) is 13.8 Å². The van der Waals surface area contributed by atoms with E-state index in [1.54, 1.807) is 18.4 Å². The Labute approximate surface area is 101 Å². The number of amides is 2. The molecular formula is C12H18N2O3. The van der Waals surface area contributed by atoms with Gasteiger partial charge >= 0.3 is 0 Å². The van der Waals surface area contributed by atoms with Crippen molar-refractivity contribution in [2.24, 2.45) is 5.92 Å². The zero-order valence-electron chi connectivity index (χ0n) is 10.3. The average molecular weight is 238 g/mol. The smallest absolute Gasteiger partial charge is 0.243 e. The summed E-state index contributed by atoms with van der Waals surface area (Å²) < 4.78 is 5.10. The molecule has 0 unspecified atom stereocenters. The van der Waals surface area contributed by atoms with E-state index in [2.05, 4.69) is 10.6 Å². The molecular weight excluding hydrogens is 220 g/mol. The molecule has 0 aliphatic carbocycles. The molecule has 0 saturated carbocycles. The maximum atomic E-state index is 11.8. The minimum atomic E-state index is -0.512. The van der Waals surface area contributed by atoms with E-state index in [0.717, 1.165) is 0 Å². The lowest BCUT2D eigenvalue weighted by Crippen LogP contribution is -2.48. The van der Waals surface area contributed by atoms with Crippen molar-refractivity contribution >= 4 is 11.8 Å². The minimum absolute atomic E-state index is 0.0375. The molecule has 0 radical (unpaired) electrons. The van der Waals surface area contributed by atoms with E-state index in [0.29, 0.717) is 12.3 Å². The van der Waals surface area contributed by atoms with Gasteiger partial charge in [0.15, 0.2) is 0 Å². The van der Waals surface area contributed by atoms with E-state index >= 15 is 0 Å². The van der Waals surface area contributed by atoms with Crippen molar-refractivity contribution < 1.29 is 14.0 Å². The van der Waals surface area contributed by atoms with Crippen LogP contribution in [0.4, 0.5) is 0 Å². The Morgan fingerprint density at radius 1 is 1.41 bits per heavy atom. The molecule has 0 aliphatic rings. The number of hydrogen-bond donors (Lipinski definition) is 2. The summed E-state index contributed by atoms with van der Waals surface area (Å²) in [5.74, 6) is 0.308. The first kappa shape index (κ1) is 13.3. The fourth-order valence-electron chi connectivity index (χ4n) is 1.45. The Morgan fingerprint density at radius 2 is 2.12 bits per heavy atom. The van der Waals surface area contributed by atoms with E-state index in [4.69, 9.17) is 4.42 Å². The molecule has 94 valence electrons. The van der Waals surface area contributed by atoms with Gasteiger partial charge in [0.25, 0.3) is 0 Å². The van der Waals surface area contributed by atoms with E-state index in [1.165, 1.54) is 6.92 Å². The molecule has 0 aliphatic heterocycles. The first-order chi connectivity index (χ1) is 8.00. The number of rotatable bonds is 5. The standard InChI is InChI=1S/C12H18N2O3/c1-8(2)11(14-9(3)15)12(16)13-7-10-5-4-6-17-10/h4-6,8,11H,7H2,1-3H3,(H,13,16)(H,14,15)/t11-/m1/s1. The SMILES string of the molecule is CC(=O)N[C@@H](C(=O)NCc1ccco1)C(C)C. The Hall–Kier alpha value is -1.78. The number of hydrogen-bond acceptors (Lipinski definition) is 3. The Morgan fingerprint density at radius 3 is 2.59 bits per heavy atom. The summed E-state index contributed by atoms with van der Waals surface area (Å²) in [5.41, 5.74) is 0. The predicted molar refractivity (Wildman–Crippen MR) is 63.0 cm³/mol. The van der Waals surface area contributed by atoms with Crippen LogP contribution in [0.25, 0.3) is 0 Å². The maximum Gasteiger partial charge on any atom is 0.243 e. The van der Waals surface area contributed by atoms with Gasteiger partial charge < -0.3 is 15.1 Å². The molecule has 1 aromatic heterocycles. The molecule has 1 heterocycles. The van der Waals surface area contributed by atoms with Crippen molar-refractivity contribution in [1.82, 2.24) is 10.6 Å². The second kappa shape index (κ2) is 6.08. The summed E-state index contributed by atoms with van der Waals surface area (Å²) >= 11 is 0. The van der Waals surface area contributed by atoms with Crippen LogP contribution in [0.2, 0.25) is 0 Å². The monoisotopic (exact) mass is 238 g/mol. The van der Waals surface area contributed by atoms with Crippen molar-refractivity contribution in [3.8, 4) is 0 Å². The van der Waals surface area contributed by atoms with Crippen molar-refractivity contribution in [2.45, 2.75) is 33.4 Å². The number of carbonyl (C=O) groups is 2. The molecule has 17 heavy (non-hydrogen) atoms. The third kappa shape index (κ3) is 4.30. The van der Waals surface area contributed by atoms with Crippen LogP contribution in [-0.2, 0) is 16.1 Å². The highest BCUT2D eigenvalue weighted by atomic mass is 16.3. The zero-order chi connectivity index (χ0) is 12.8. The average Bonchev–Trinajstić information content (AvgIpc) is 2.74. The fourth-order valence-corrected chi connectivity index (χ4v) is 1.45. The highest BCUT2D eigenvalue weighted by Crippen LogP contribution is 2.03. The molecule has 5 nitrogen and oxygen atoms in total. The lowest BCUT2D eigenvalue weighted by Gasteiger charge is -2.20. The highest BCUT2D eigenvalue weighted by molar-refractivity contribution is 5.86. The van der Waals surface area contributed by atoms with Gasteiger partial charge in [-0.3, -0.25) is 9.59 Å². The van der Waals surface area contributed by atoms with Crippen LogP contribution < -0.4 is 10.6 Å². The topological polar surface area (TPSA) is 71.3 Å². The molecule has 0 saturated heterocycles. The van der Waals surface area contributed by atoms with Crippen LogP contribution in [-0.4, -0.2) is 17.9 Å². The number of nitrogens with one attached hydrogen (secondary N) is 2. The Kier molecular flexibility index (Phi) is 4.75. The van der Waals surface area contributed by atoms with Gasteiger partial charge in [0, 0.05) is 6.92 Å². The zero-order valence-corrected chi connectivity index (χ0v) is 10.3. The molecule has 0 aromatic carbocycles. The molecule has 0 bridgehead atoms. The van der Waals surface area contributed by atoms with Crippen LogP contribution in [0.5, 0.6) is 0 Å². The summed E-state index contributed by atoms with van der Waals surface area (Å²) in [6, 6.07) is 3.03.